The van der Waals surface area contributed by atoms with Crippen LogP contribution in [0.2, 0.25) is 5.02 Å². The van der Waals surface area contributed by atoms with E-state index in [1.807, 2.05) is 55.5 Å². The van der Waals surface area contributed by atoms with Crippen LogP contribution in [0.4, 0.5) is 0 Å². The Labute approximate surface area is 201 Å². The third-order valence-corrected chi connectivity index (χ3v) is 6.33. The molecular formula is C28H22ClNO4. The van der Waals surface area contributed by atoms with Gasteiger partial charge in [0.25, 0.3) is 5.91 Å². The summed E-state index contributed by atoms with van der Waals surface area (Å²) in [5, 5.41) is 1.00. The number of ether oxygens (including phenoxy) is 1. The van der Waals surface area contributed by atoms with Crippen molar-refractivity contribution in [2.75, 3.05) is 6.61 Å². The van der Waals surface area contributed by atoms with E-state index in [9.17, 15) is 9.59 Å². The van der Waals surface area contributed by atoms with Gasteiger partial charge in [0.15, 0.2) is 5.43 Å². The smallest absolute Gasteiger partial charge is 0.291 e. The summed E-state index contributed by atoms with van der Waals surface area (Å²) >= 11 is 6.42. The Balaban J connectivity index is 1.71. The maximum Gasteiger partial charge on any atom is 0.291 e. The number of fused-ring (bicyclic) bond motifs is 2. The highest BCUT2D eigenvalue weighted by atomic mass is 35.5. The molecule has 6 heteroatoms. The van der Waals surface area contributed by atoms with Crippen LogP contribution in [-0.2, 0) is 6.54 Å². The Morgan fingerprint density at radius 1 is 1.09 bits per heavy atom. The van der Waals surface area contributed by atoms with E-state index in [1.165, 1.54) is 0 Å². The maximum atomic E-state index is 13.7. The third-order valence-electron chi connectivity index (χ3n) is 5.96. The fourth-order valence-electron chi connectivity index (χ4n) is 4.38. The topological polar surface area (TPSA) is 59.8 Å². The molecule has 0 aliphatic carbocycles. The number of halogens is 1. The number of aryl methyl sites for hydroxylation is 1. The second-order valence-corrected chi connectivity index (χ2v) is 8.68. The lowest BCUT2D eigenvalue weighted by atomic mass is 9.97. The van der Waals surface area contributed by atoms with Crippen molar-refractivity contribution in [2.24, 2.45) is 0 Å². The fraction of sp³-hybridized carbons (Fsp3) is 0.143. The molecule has 1 aliphatic rings. The Bertz CT molecular complexity index is 1490. The van der Waals surface area contributed by atoms with E-state index in [4.69, 9.17) is 20.8 Å². The third kappa shape index (κ3) is 3.78. The average Bonchev–Trinajstić information content (AvgIpc) is 3.11. The van der Waals surface area contributed by atoms with Crippen LogP contribution in [0.5, 0.6) is 5.75 Å². The Hall–Kier alpha value is -3.83. The summed E-state index contributed by atoms with van der Waals surface area (Å²) in [6, 6.07) is 19.5. The highest BCUT2D eigenvalue weighted by Gasteiger charge is 2.43. The van der Waals surface area contributed by atoms with Gasteiger partial charge in [0.2, 0.25) is 5.76 Å². The van der Waals surface area contributed by atoms with Crippen molar-refractivity contribution in [2.45, 2.75) is 19.5 Å². The molecule has 1 amide bonds. The summed E-state index contributed by atoms with van der Waals surface area (Å²) in [5.41, 5.74) is 2.98. The van der Waals surface area contributed by atoms with Crippen molar-refractivity contribution in [1.82, 2.24) is 4.90 Å². The minimum atomic E-state index is -0.646. The molecule has 1 aliphatic heterocycles. The number of hydrogen-bond donors (Lipinski definition) is 0. The lowest BCUT2D eigenvalue weighted by Gasteiger charge is -2.26. The number of benzene rings is 3. The summed E-state index contributed by atoms with van der Waals surface area (Å²) < 4.78 is 11.7. The van der Waals surface area contributed by atoms with Gasteiger partial charge in [-0.1, -0.05) is 66.2 Å². The van der Waals surface area contributed by atoms with Crippen molar-refractivity contribution in [3.8, 4) is 5.75 Å². The Morgan fingerprint density at radius 3 is 2.71 bits per heavy atom. The van der Waals surface area contributed by atoms with Crippen LogP contribution in [0.25, 0.3) is 11.0 Å². The van der Waals surface area contributed by atoms with E-state index in [-0.39, 0.29) is 23.6 Å². The molecule has 2 heterocycles. The van der Waals surface area contributed by atoms with E-state index in [0.29, 0.717) is 33.9 Å². The highest BCUT2D eigenvalue weighted by molar-refractivity contribution is 6.31. The number of amides is 1. The van der Waals surface area contributed by atoms with Crippen LogP contribution in [0.15, 0.2) is 88.6 Å². The zero-order valence-corrected chi connectivity index (χ0v) is 19.3. The molecule has 0 fully saturated rings. The summed E-state index contributed by atoms with van der Waals surface area (Å²) in [6.07, 6.45) is 1.66. The summed E-state index contributed by atoms with van der Waals surface area (Å²) in [5.74, 6) is 0.338. The fourth-order valence-corrected chi connectivity index (χ4v) is 4.58. The molecule has 5 rings (SSSR count). The van der Waals surface area contributed by atoms with Crippen LogP contribution in [0.3, 0.4) is 0 Å². The van der Waals surface area contributed by atoms with Gasteiger partial charge >= 0.3 is 0 Å². The highest BCUT2D eigenvalue weighted by Crippen LogP contribution is 2.40. The summed E-state index contributed by atoms with van der Waals surface area (Å²) in [6.45, 7) is 6.17. The van der Waals surface area contributed by atoms with Gasteiger partial charge in [0, 0.05) is 11.6 Å². The van der Waals surface area contributed by atoms with Crippen LogP contribution in [-0.4, -0.2) is 17.4 Å². The van der Waals surface area contributed by atoms with E-state index in [1.54, 1.807) is 29.2 Å². The average molecular weight is 472 g/mol. The first-order chi connectivity index (χ1) is 16.5. The van der Waals surface area contributed by atoms with Gasteiger partial charge in [0.1, 0.15) is 17.9 Å². The summed E-state index contributed by atoms with van der Waals surface area (Å²) in [4.78, 5) is 29.0. The molecule has 0 bridgehead atoms. The molecule has 4 aromatic rings. The van der Waals surface area contributed by atoms with Gasteiger partial charge in [-0.05, 0) is 48.4 Å². The standard InChI is InChI=1S/C28H22ClNO4/c1-3-13-33-20-9-6-8-18(15-20)25-24-26(31)21-14-17(2)11-12-23(21)34-27(24)28(32)30(25)16-19-7-4-5-10-22(19)29/h3-12,14-15,25H,1,13,16H2,2H3. The monoisotopic (exact) mass is 471 g/mol. The van der Waals surface area contributed by atoms with Gasteiger partial charge in [-0.3, -0.25) is 9.59 Å². The molecule has 0 N–H and O–H groups in total. The molecule has 34 heavy (non-hydrogen) atoms. The summed E-state index contributed by atoms with van der Waals surface area (Å²) in [7, 11) is 0. The van der Waals surface area contributed by atoms with Crippen molar-refractivity contribution >= 4 is 28.5 Å². The second-order valence-electron chi connectivity index (χ2n) is 8.27. The van der Waals surface area contributed by atoms with Gasteiger partial charge in [-0.25, -0.2) is 0 Å². The number of hydrogen-bond acceptors (Lipinski definition) is 4. The minimum Gasteiger partial charge on any atom is -0.490 e. The zero-order valence-electron chi connectivity index (χ0n) is 18.6. The normalized spacial score (nSPS) is 14.9. The number of rotatable bonds is 6. The van der Waals surface area contributed by atoms with Crippen LogP contribution in [0, 0.1) is 6.92 Å². The SMILES string of the molecule is C=CCOc1cccc(C2c3c(oc4ccc(C)cc4c3=O)C(=O)N2Cc2ccccc2Cl)c1. The molecule has 0 spiro atoms. The van der Waals surface area contributed by atoms with Crippen molar-refractivity contribution < 1.29 is 13.9 Å². The lowest BCUT2D eigenvalue weighted by molar-refractivity contribution is 0.0714. The zero-order chi connectivity index (χ0) is 23.8. The maximum absolute atomic E-state index is 13.7. The van der Waals surface area contributed by atoms with Crippen LogP contribution < -0.4 is 10.2 Å². The Morgan fingerprint density at radius 2 is 1.91 bits per heavy atom. The second kappa shape index (κ2) is 8.84. The first-order valence-corrected chi connectivity index (χ1v) is 11.3. The first-order valence-electron chi connectivity index (χ1n) is 10.9. The van der Waals surface area contributed by atoms with Gasteiger partial charge in [-0.2, -0.15) is 0 Å². The predicted molar refractivity (Wildman–Crippen MR) is 133 cm³/mol. The molecule has 3 aromatic carbocycles. The number of nitrogens with zero attached hydrogens (tertiary/aromatic N) is 1. The number of carbonyl (C=O) groups is 1. The van der Waals surface area contributed by atoms with Crippen molar-refractivity contribution in [1.29, 1.82) is 0 Å². The van der Waals surface area contributed by atoms with Crippen LogP contribution in [0.1, 0.15) is 38.9 Å². The molecule has 0 radical (unpaired) electrons. The van der Waals surface area contributed by atoms with Crippen molar-refractivity contribution in [3.05, 3.63) is 123 Å². The quantitative estimate of drug-likeness (QED) is 0.320. The van der Waals surface area contributed by atoms with E-state index in [2.05, 4.69) is 6.58 Å². The van der Waals surface area contributed by atoms with E-state index in [0.717, 1.165) is 16.7 Å². The molecule has 1 unspecified atom stereocenters. The van der Waals surface area contributed by atoms with Crippen molar-refractivity contribution in [3.63, 3.8) is 0 Å². The number of carbonyl (C=O) groups excluding carboxylic acids is 1. The molecule has 5 nitrogen and oxygen atoms in total. The lowest BCUT2D eigenvalue weighted by Crippen LogP contribution is -2.29. The molecular weight excluding hydrogens is 450 g/mol. The van der Waals surface area contributed by atoms with Gasteiger partial charge in [0.05, 0.1) is 17.0 Å². The molecule has 170 valence electrons. The Kier molecular flexibility index (Phi) is 5.72. The predicted octanol–water partition coefficient (Wildman–Crippen LogP) is 6.07. The largest absolute Gasteiger partial charge is 0.490 e. The van der Waals surface area contributed by atoms with Gasteiger partial charge in [-0.15, -0.1) is 0 Å². The first kappa shape index (κ1) is 22.0. The molecule has 1 aromatic heterocycles. The van der Waals surface area contributed by atoms with E-state index >= 15 is 0 Å². The van der Waals surface area contributed by atoms with Gasteiger partial charge < -0.3 is 14.1 Å². The molecule has 0 saturated heterocycles. The van der Waals surface area contributed by atoms with Crippen LogP contribution >= 0.6 is 11.6 Å². The van der Waals surface area contributed by atoms with E-state index < -0.39 is 6.04 Å². The molecule has 0 saturated carbocycles. The minimum absolute atomic E-state index is 0.0656. The molecule has 1 atom stereocenters.